The number of rotatable bonds is 3. The monoisotopic (exact) mass is 281 g/mol. The number of hydrogen-bond donors (Lipinski definition) is 1. The maximum Gasteiger partial charge on any atom is 0.249 e. The van der Waals surface area contributed by atoms with Crippen LogP contribution in [0.3, 0.4) is 0 Å². The Labute approximate surface area is 117 Å². The van der Waals surface area contributed by atoms with Crippen LogP contribution in [-0.2, 0) is 15.1 Å². The molecule has 6 heteroatoms. The van der Waals surface area contributed by atoms with Gasteiger partial charge in [0.1, 0.15) is 17.1 Å². The minimum Gasteiger partial charge on any atom is -0.340 e. The average molecular weight is 281 g/mol. The summed E-state index contributed by atoms with van der Waals surface area (Å²) in [5.74, 6) is -0.164. The van der Waals surface area contributed by atoms with Crippen molar-refractivity contribution in [2.24, 2.45) is 0 Å². The quantitative estimate of drug-likeness (QED) is 0.913. The van der Waals surface area contributed by atoms with Crippen LogP contribution in [-0.4, -0.2) is 33.8 Å². The van der Waals surface area contributed by atoms with Crippen LogP contribution in [0.2, 0.25) is 0 Å². The molecule has 0 aliphatic carbocycles. The smallest absolute Gasteiger partial charge is 0.249 e. The van der Waals surface area contributed by atoms with Gasteiger partial charge in [0.2, 0.25) is 11.8 Å². The highest BCUT2D eigenvalue weighted by atomic mass is 32.1. The molecule has 0 radical (unpaired) electrons. The number of piperazine rings is 1. The van der Waals surface area contributed by atoms with Crippen LogP contribution in [0, 0.1) is 0 Å². The topological polar surface area (TPSA) is 62.3 Å². The fraction of sp³-hybridized carbons (Fsp3) is 0.615. The fourth-order valence-electron chi connectivity index (χ4n) is 2.25. The van der Waals surface area contributed by atoms with E-state index in [2.05, 4.69) is 10.3 Å². The van der Waals surface area contributed by atoms with E-state index in [4.69, 9.17) is 0 Å². The molecule has 19 heavy (non-hydrogen) atoms. The number of amides is 2. The van der Waals surface area contributed by atoms with Crippen LogP contribution in [0.25, 0.3) is 0 Å². The third kappa shape index (κ3) is 2.25. The second kappa shape index (κ2) is 4.59. The summed E-state index contributed by atoms with van der Waals surface area (Å²) < 4.78 is 0. The Hall–Kier alpha value is -1.43. The van der Waals surface area contributed by atoms with E-state index in [0.29, 0.717) is 6.42 Å². The van der Waals surface area contributed by atoms with Gasteiger partial charge in [0.25, 0.3) is 0 Å². The van der Waals surface area contributed by atoms with Crippen LogP contribution in [0.1, 0.15) is 39.1 Å². The lowest BCUT2D eigenvalue weighted by atomic mass is 9.90. The maximum absolute atomic E-state index is 12.7. The second-order valence-electron chi connectivity index (χ2n) is 5.52. The van der Waals surface area contributed by atoms with Crippen LogP contribution in [0.15, 0.2) is 11.6 Å². The number of hydrogen-bond acceptors (Lipinski definition) is 4. The van der Waals surface area contributed by atoms with Gasteiger partial charge in [-0.2, -0.15) is 0 Å². The van der Waals surface area contributed by atoms with Crippen LogP contribution < -0.4 is 5.32 Å². The molecule has 0 bridgehead atoms. The van der Waals surface area contributed by atoms with Gasteiger partial charge in [0.05, 0.1) is 5.54 Å². The molecule has 0 aromatic carbocycles. The van der Waals surface area contributed by atoms with Gasteiger partial charge in [0.15, 0.2) is 0 Å². The Morgan fingerprint density at radius 3 is 2.74 bits per heavy atom. The summed E-state index contributed by atoms with van der Waals surface area (Å²) in [5, 5.41) is 5.51. The Morgan fingerprint density at radius 1 is 1.53 bits per heavy atom. The molecule has 0 saturated carbocycles. The first-order chi connectivity index (χ1) is 8.81. The Bertz CT molecular complexity index is 498. The predicted molar refractivity (Wildman–Crippen MR) is 73.7 cm³/mol. The van der Waals surface area contributed by atoms with E-state index in [1.54, 1.807) is 18.0 Å². The third-order valence-corrected chi connectivity index (χ3v) is 4.86. The van der Waals surface area contributed by atoms with Crippen molar-refractivity contribution in [3.8, 4) is 0 Å². The fourth-order valence-corrected chi connectivity index (χ4v) is 3.02. The van der Waals surface area contributed by atoms with Crippen LogP contribution in [0.5, 0.6) is 0 Å². The predicted octanol–water partition coefficient (Wildman–Crippen LogP) is 1.51. The van der Waals surface area contributed by atoms with Crippen molar-refractivity contribution in [3.63, 3.8) is 0 Å². The molecule has 1 atom stereocenters. The number of nitrogens with zero attached hydrogens (tertiary/aromatic N) is 2. The molecule has 104 valence electrons. The molecule has 2 amide bonds. The summed E-state index contributed by atoms with van der Waals surface area (Å²) in [4.78, 5) is 30.5. The van der Waals surface area contributed by atoms with E-state index in [1.165, 1.54) is 11.3 Å². The van der Waals surface area contributed by atoms with E-state index in [1.807, 2.05) is 26.2 Å². The van der Waals surface area contributed by atoms with Crippen molar-refractivity contribution in [2.75, 3.05) is 6.54 Å². The van der Waals surface area contributed by atoms with Gasteiger partial charge in [0, 0.05) is 11.6 Å². The Morgan fingerprint density at radius 2 is 2.21 bits per heavy atom. The molecule has 1 fully saturated rings. The zero-order chi connectivity index (χ0) is 14.3. The molecule has 1 aromatic rings. The number of nitrogens with one attached hydrogen (secondary N) is 1. The first-order valence-corrected chi connectivity index (χ1v) is 7.22. The summed E-state index contributed by atoms with van der Waals surface area (Å²) in [6.07, 6.45) is 2.29. The molecule has 0 spiro atoms. The van der Waals surface area contributed by atoms with Gasteiger partial charge in [-0.1, -0.05) is 6.92 Å². The van der Waals surface area contributed by atoms with Crippen LogP contribution in [0.4, 0.5) is 0 Å². The van der Waals surface area contributed by atoms with Crippen molar-refractivity contribution < 1.29 is 9.59 Å². The van der Waals surface area contributed by atoms with E-state index >= 15 is 0 Å². The van der Waals surface area contributed by atoms with Gasteiger partial charge < -0.3 is 10.2 Å². The van der Waals surface area contributed by atoms with Crippen molar-refractivity contribution in [3.05, 3.63) is 16.6 Å². The number of aromatic nitrogens is 1. The summed E-state index contributed by atoms with van der Waals surface area (Å²) >= 11 is 1.50. The highest BCUT2D eigenvalue weighted by Gasteiger charge is 2.47. The third-order valence-electron chi connectivity index (χ3n) is 3.77. The van der Waals surface area contributed by atoms with E-state index in [9.17, 15) is 9.59 Å². The van der Waals surface area contributed by atoms with Gasteiger partial charge in [-0.15, -0.1) is 11.3 Å². The standard InChI is InChI=1S/C13H19N3O2S/c1-5-13(4)11(18)16(8-9(17)15-13)12(2,3)10-14-6-7-19-10/h6-7H,5,8H2,1-4H3,(H,15,17). The van der Waals surface area contributed by atoms with Crippen molar-refractivity contribution in [1.29, 1.82) is 0 Å². The molecular formula is C13H19N3O2S. The Balaban J connectivity index is 2.38. The molecule has 1 aliphatic heterocycles. The van der Waals surface area contributed by atoms with Crippen molar-refractivity contribution >= 4 is 23.2 Å². The lowest BCUT2D eigenvalue weighted by Crippen LogP contribution is -2.68. The lowest BCUT2D eigenvalue weighted by molar-refractivity contribution is -0.155. The van der Waals surface area contributed by atoms with Crippen molar-refractivity contribution in [2.45, 2.75) is 45.2 Å². The number of carbonyl (C=O) groups is 2. The van der Waals surface area contributed by atoms with E-state index < -0.39 is 11.1 Å². The normalized spacial score (nSPS) is 24.5. The molecule has 2 heterocycles. The van der Waals surface area contributed by atoms with Gasteiger partial charge in [-0.05, 0) is 27.2 Å². The molecular weight excluding hydrogens is 262 g/mol. The van der Waals surface area contributed by atoms with Gasteiger partial charge in [-0.25, -0.2) is 4.98 Å². The molecule has 1 aromatic heterocycles. The largest absolute Gasteiger partial charge is 0.340 e. The summed E-state index contributed by atoms with van der Waals surface area (Å²) in [6, 6.07) is 0. The van der Waals surface area contributed by atoms with Crippen molar-refractivity contribution in [1.82, 2.24) is 15.2 Å². The summed E-state index contributed by atoms with van der Waals surface area (Å²) in [7, 11) is 0. The maximum atomic E-state index is 12.7. The first kappa shape index (κ1) is 14.0. The van der Waals surface area contributed by atoms with Gasteiger partial charge >= 0.3 is 0 Å². The van der Waals surface area contributed by atoms with Crippen LogP contribution >= 0.6 is 11.3 Å². The lowest BCUT2D eigenvalue weighted by Gasteiger charge is -2.46. The zero-order valence-electron chi connectivity index (χ0n) is 11.7. The summed E-state index contributed by atoms with van der Waals surface area (Å²) in [5.41, 5.74) is -1.39. The molecule has 2 rings (SSSR count). The van der Waals surface area contributed by atoms with E-state index in [0.717, 1.165) is 5.01 Å². The highest BCUT2D eigenvalue weighted by Crippen LogP contribution is 2.33. The zero-order valence-corrected chi connectivity index (χ0v) is 12.5. The second-order valence-corrected chi connectivity index (χ2v) is 6.42. The number of carbonyl (C=O) groups excluding carboxylic acids is 2. The first-order valence-electron chi connectivity index (χ1n) is 6.34. The molecule has 1 aliphatic rings. The van der Waals surface area contributed by atoms with E-state index in [-0.39, 0.29) is 18.4 Å². The molecule has 5 nitrogen and oxygen atoms in total. The average Bonchev–Trinajstić information content (AvgIpc) is 2.88. The minimum absolute atomic E-state index is 0.0465. The van der Waals surface area contributed by atoms with Gasteiger partial charge in [-0.3, -0.25) is 9.59 Å². The number of thiazole rings is 1. The molecule has 1 N–H and O–H groups in total. The minimum atomic E-state index is -0.816. The summed E-state index contributed by atoms with van der Waals surface area (Å²) in [6.45, 7) is 7.62. The SMILES string of the molecule is CCC1(C)NC(=O)CN(C(C)(C)c2nccs2)C1=O. The Kier molecular flexibility index (Phi) is 3.38. The molecule has 1 unspecified atom stereocenters. The molecule has 1 saturated heterocycles. The highest BCUT2D eigenvalue weighted by molar-refractivity contribution is 7.09.